The van der Waals surface area contributed by atoms with Crippen molar-refractivity contribution >= 4 is 23.7 Å². The Morgan fingerprint density at radius 2 is 1.79 bits per heavy atom. The fraction of sp³-hybridized carbons (Fsp3) is 0.500. The maximum atomic E-state index is 12.8. The molecule has 12 heteroatoms. The van der Waals surface area contributed by atoms with Gasteiger partial charge in [-0.3, -0.25) is 0 Å². The van der Waals surface area contributed by atoms with Crippen LogP contribution in [0.2, 0.25) is 0 Å². The van der Waals surface area contributed by atoms with E-state index < -0.39 is 5.60 Å². The molecule has 0 radical (unpaired) electrons. The first-order valence-corrected chi connectivity index (χ1v) is 12.7. The van der Waals surface area contributed by atoms with Gasteiger partial charge in [0.2, 0.25) is 5.88 Å². The molecule has 2 aliphatic heterocycles. The molecule has 38 heavy (non-hydrogen) atoms. The van der Waals surface area contributed by atoms with Gasteiger partial charge in [-0.05, 0) is 39.0 Å². The Balaban J connectivity index is 1.19. The molecule has 12 nitrogen and oxygen atoms in total. The van der Waals surface area contributed by atoms with Crippen molar-refractivity contribution < 1.29 is 23.8 Å². The number of hydrogen-bond donors (Lipinski definition) is 0. The molecule has 5 rings (SSSR count). The highest BCUT2D eigenvalue weighted by molar-refractivity contribution is 5.80. The Bertz CT molecular complexity index is 1310. The van der Waals surface area contributed by atoms with Crippen LogP contribution < -0.4 is 9.64 Å². The smallest absolute Gasteiger partial charge is 0.410 e. The van der Waals surface area contributed by atoms with Crippen molar-refractivity contribution in [3.8, 4) is 17.0 Å². The molecular weight excluding hydrogens is 490 g/mol. The van der Waals surface area contributed by atoms with E-state index in [1.807, 2.05) is 45.2 Å². The second kappa shape index (κ2) is 10.3. The number of nitrogens with zero attached hydrogens (tertiary/aromatic N) is 7. The van der Waals surface area contributed by atoms with E-state index in [1.54, 1.807) is 33.8 Å². The second-order valence-electron chi connectivity index (χ2n) is 10.4. The number of carbonyl (C=O) groups is 2. The van der Waals surface area contributed by atoms with E-state index in [1.165, 1.54) is 0 Å². The molecule has 1 unspecified atom stereocenters. The number of hydrogen-bond acceptors (Lipinski definition) is 9. The van der Waals surface area contributed by atoms with E-state index in [-0.39, 0.29) is 18.3 Å². The fourth-order valence-electron chi connectivity index (χ4n) is 4.64. The quantitative estimate of drug-likeness (QED) is 0.509. The topological polar surface area (TPSA) is 115 Å². The van der Waals surface area contributed by atoms with Crippen molar-refractivity contribution in [3.05, 3.63) is 36.8 Å². The Morgan fingerprint density at radius 3 is 2.53 bits per heavy atom. The van der Waals surface area contributed by atoms with Gasteiger partial charge in [-0.2, -0.15) is 5.10 Å². The summed E-state index contributed by atoms with van der Waals surface area (Å²) in [5.41, 5.74) is 1.79. The lowest BCUT2D eigenvalue weighted by atomic mass is 10.1. The van der Waals surface area contributed by atoms with Crippen molar-refractivity contribution in [3.63, 3.8) is 0 Å². The van der Waals surface area contributed by atoms with Crippen molar-refractivity contribution in [1.82, 2.24) is 29.4 Å². The maximum absolute atomic E-state index is 12.8. The van der Waals surface area contributed by atoms with Crippen molar-refractivity contribution in [2.24, 2.45) is 0 Å². The van der Waals surface area contributed by atoms with Crippen LogP contribution in [0.5, 0.6) is 5.88 Å². The first-order chi connectivity index (χ1) is 18.2. The number of ether oxygens (including phenoxy) is 3. The zero-order valence-electron chi connectivity index (χ0n) is 22.2. The highest BCUT2D eigenvalue weighted by Crippen LogP contribution is 2.31. The number of methoxy groups -OCH3 is 1. The van der Waals surface area contributed by atoms with Gasteiger partial charge in [0.25, 0.3) is 0 Å². The van der Waals surface area contributed by atoms with Crippen LogP contribution in [0.3, 0.4) is 0 Å². The largest absolute Gasteiger partial charge is 0.481 e. The highest BCUT2D eigenvalue weighted by atomic mass is 16.6. The molecule has 3 aromatic heterocycles. The molecule has 202 valence electrons. The van der Waals surface area contributed by atoms with Crippen LogP contribution in [0, 0.1) is 0 Å². The van der Waals surface area contributed by atoms with Crippen molar-refractivity contribution in [2.75, 3.05) is 51.3 Å². The SMILES string of the molecule is COc1ncccc1-c1cnn2ccc(N3CCN(C(=O)OC4CCN(C(=O)OC(C)(C)C)C4)CC3)nc12. The lowest BCUT2D eigenvalue weighted by Gasteiger charge is -2.35. The fourth-order valence-corrected chi connectivity index (χ4v) is 4.64. The van der Waals surface area contributed by atoms with Gasteiger partial charge >= 0.3 is 12.2 Å². The van der Waals surface area contributed by atoms with E-state index in [0.29, 0.717) is 57.2 Å². The molecule has 2 saturated heterocycles. The molecular formula is C26H33N7O5. The summed E-state index contributed by atoms with van der Waals surface area (Å²) in [6.45, 7) is 8.61. The Labute approximate surface area is 221 Å². The van der Waals surface area contributed by atoms with Crippen LogP contribution in [0.25, 0.3) is 16.8 Å². The minimum Gasteiger partial charge on any atom is -0.481 e. The predicted octanol–water partition coefficient (Wildman–Crippen LogP) is 3.07. The summed E-state index contributed by atoms with van der Waals surface area (Å²) in [5, 5.41) is 4.42. The average molecular weight is 524 g/mol. The summed E-state index contributed by atoms with van der Waals surface area (Å²) in [5.74, 6) is 1.32. The minimum atomic E-state index is -0.559. The number of fused-ring (bicyclic) bond motifs is 1. The van der Waals surface area contributed by atoms with Gasteiger partial charge in [0.1, 0.15) is 17.5 Å². The maximum Gasteiger partial charge on any atom is 0.410 e. The molecule has 1 atom stereocenters. The van der Waals surface area contributed by atoms with Gasteiger partial charge in [0, 0.05) is 57.1 Å². The van der Waals surface area contributed by atoms with E-state index in [9.17, 15) is 9.59 Å². The molecule has 2 aliphatic rings. The minimum absolute atomic E-state index is 0.332. The van der Waals surface area contributed by atoms with E-state index >= 15 is 0 Å². The number of rotatable bonds is 4. The number of aromatic nitrogens is 4. The molecule has 5 heterocycles. The number of piperazine rings is 1. The van der Waals surface area contributed by atoms with Crippen LogP contribution in [0.1, 0.15) is 27.2 Å². The zero-order valence-corrected chi connectivity index (χ0v) is 22.2. The lowest BCUT2D eigenvalue weighted by Crippen LogP contribution is -2.50. The molecule has 0 aliphatic carbocycles. The Hall–Kier alpha value is -4.09. The van der Waals surface area contributed by atoms with Crippen LogP contribution in [0.4, 0.5) is 15.4 Å². The molecule has 0 bridgehead atoms. The van der Waals surface area contributed by atoms with E-state index in [4.69, 9.17) is 19.2 Å². The van der Waals surface area contributed by atoms with Crippen molar-refractivity contribution in [2.45, 2.75) is 38.9 Å². The molecule has 0 aromatic carbocycles. The molecule has 0 N–H and O–H groups in total. The van der Waals surface area contributed by atoms with Gasteiger partial charge in [-0.15, -0.1) is 0 Å². The first-order valence-electron chi connectivity index (χ1n) is 12.7. The number of anilines is 1. The molecule has 3 aromatic rings. The summed E-state index contributed by atoms with van der Waals surface area (Å²) >= 11 is 0. The Kier molecular flexibility index (Phi) is 6.96. The van der Waals surface area contributed by atoms with Crippen LogP contribution in [-0.2, 0) is 9.47 Å². The van der Waals surface area contributed by atoms with Crippen LogP contribution in [-0.4, -0.2) is 99.7 Å². The predicted molar refractivity (Wildman–Crippen MR) is 139 cm³/mol. The number of likely N-dealkylation sites (tertiary alicyclic amines) is 1. The highest BCUT2D eigenvalue weighted by Gasteiger charge is 2.33. The summed E-state index contributed by atoms with van der Waals surface area (Å²) < 4.78 is 18.3. The normalized spacial score (nSPS) is 18.1. The zero-order chi connectivity index (χ0) is 26.9. The summed E-state index contributed by atoms with van der Waals surface area (Å²) in [7, 11) is 1.59. The number of carbonyl (C=O) groups excluding carboxylic acids is 2. The average Bonchev–Trinajstić information content (AvgIpc) is 3.54. The van der Waals surface area contributed by atoms with Gasteiger partial charge in [-0.25, -0.2) is 24.1 Å². The van der Waals surface area contributed by atoms with Gasteiger partial charge in [0.15, 0.2) is 5.65 Å². The summed E-state index contributed by atoms with van der Waals surface area (Å²) in [6.07, 6.45) is 4.85. The monoisotopic (exact) mass is 523 g/mol. The van der Waals surface area contributed by atoms with Gasteiger partial charge in [0.05, 0.1) is 25.4 Å². The summed E-state index contributed by atoms with van der Waals surface area (Å²) in [6, 6.07) is 5.70. The molecule has 2 amide bonds. The van der Waals surface area contributed by atoms with Gasteiger partial charge in [-0.1, -0.05) is 0 Å². The third kappa shape index (κ3) is 5.43. The number of amides is 2. The van der Waals surface area contributed by atoms with Crippen LogP contribution >= 0.6 is 0 Å². The third-order valence-electron chi connectivity index (χ3n) is 6.54. The van der Waals surface area contributed by atoms with Crippen LogP contribution in [0.15, 0.2) is 36.8 Å². The molecule has 0 saturated carbocycles. The second-order valence-corrected chi connectivity index (χ2v) is 10.4. The van der Waals surface area contributed by atoms with E-state index in [2.05, 4.69) is 15.0 Å². The first kappa shape index (κ1) is 25.6. The standard InChI is InChI=1S/C26H33N7O5/c1-26(2,3)38-25(35)32-10-7-18(17-32)37-24(34)31-14-12-30(13-15-31)21-8-11-33-22(29-21)20(16-28-33)19-6-5-9-27-23(19)36-4/h5-6,8-9,11,16,18H,7,10,12-15,17H2,1-4H3. The number of pyridine rings is 1. The van der Waals surface area contributed by atoms with Crippen molar-refractivity contribution in [1.29, 1.82) is 0 Å². The lowest BCUT2D eigenvalue weighted by molar-refractivity contribution is 0.0239. The Morgan fingerprint density at radius 1 is 1.00 bits per heavy atom. The molecule has 2 fully saturated rings. The molecule has 0 spiro atoms. The summed E-state index contributed by atoms with van der Waals surface area (Å²) in [4.78, 5) is 39.7. The van der Waals surface area contributed by atoms with Gasteiger partial charge < -0.3 is 28.9 Å². The third-order valence-corrected chi connectivity index (χ3v) is 6.54. The van der Waals surface area contributed by atoms with E-state index in [0.717, 1.165) is 16.9 Å².